The molecule has 0 radical (unpaired) electrons. The number of ether oxygens (including phenoxy) is 5. The first-order chi connectivity index (χ1) is 19.5. The van der Waals surface area contributed by atoms with Gasteiger partial charge in [0.15, 0.2) is 5.82 Å². The molecule has 0 saturated carbocycles. The second kappa shape index (κ2) is 14.2. The molecule has 3 rings (SSSR count). The molecular weight excluding hydrogens is 528 g/mol. The summed E-state index contributed by atoms with van der Waals surface area (Å²) < 4.78 is 27.4. The van der Waals surface area contributed by atoms with E-state index in [4.69, 9.17) is 23.7 Å². The second-order valence-electron chi connectivity index (χ2n) is 10.1. The number of carbonyl (C=O) groups excluding carboxylic acids is 3. The van der Waals surface area contributed by atoms with E-state index in [9.17, 15) is 14.4 Å². The van der Waals surface area contributed by atoms with Gasteiger partial charge in [0.1, 0.15) is 23.7 Å². The molecule has 10 nitrogen and oxygen atoms in total. The molecule has 1 heterocycles. The summed E-state index contributed by atoms with van der Waals surface area (Å²) in [4.78, 5) is 45.8. The molecule has 41 heavy (non-hydrogen) atoms. The zero-order valence-electron chi connectivity index (χ0n) is 24.3. The Balaban J connectivity index is 1.89. The SMILES string of the molecule is CCOC(=O)C(Cc1cc(CC(=O)OC(C)(C)C)ccc1OCc1ccnc(-c2ccccc2OC)n1)OC(C)=O. The average Bonchev–Trinajstić information content (AvgIpc) is 2.91. The molecule has 0 fully saturated rings. The van der Waals surface area contributed by atoms with Crippen molar-refractivity contribution in [2.45, 2.75) is 65.8 Å². The van der Waals surface area contributed by atoms with E-state index in [0.29, 0.717) is 34.1 Å². The van der Waals surface area contributed by atoms with E-state index in [0.717, 1.165) is 5.56 Å². The molecule has 2 aromatic carbocycles. The Morgan fingerprint density at radius 1 is 1.00 bits per heavy atom. The smallest absolute Gasteiger partial charge is 0.347 e. The van der Waals surface area contributed by atoms with Crippen LogP contribution >= 0.6 is 0 Å². The predicted molar refractivity (Wildman–Crippen MR) is 150 cm³/mol. The molecule has 10 heteroatoms. The van der Waals surface area contributed by atoms with Crippen LogP contribution in [0.5, 0.6) is 11.5 Å². The van der Waals surface area contributed by atoms with Gasteiger partial charge in [0.25, 0.3) is 0 Å². The number of aromatic nitrogens is 2. The van der Waals surface area contributed by atoms with Crippen LogP contribution in [0.15, 0.2) is 54.7 Å². The van der Waals surface area contributed by atoms with Crippen molar-refractivity contribution in [1.29, 1.82) is 0 Å². The number of hydrogen-bond acceptors (Lipinski definition) is 10. The highest BCUT2D eigenvalue weighted by Gasteiger charge is 2.26. The van der Waals surface area contributed by atoms with Crippen molar-refractivity contribution in [1.82, 2.24) is 9.97 Å². The van der Waals surface area contributed by atoms with Crippen LogP contribution in [-0.2, 0) is 48.0 Å². The molecule has 0 spiro atoms. The van der Waals surface area contributed by atoms with E-state index in [2.05, 4.69) is 9.97 Å². The van der Waals surface area contributed by atoms with Gasteiger partial charge in [-0.1, -0.05) is 24.3 Å². The summed E-state index contributed by atoms with van der Waals surface area (Å²) in [6.07, 6.45) is 0.431. The third-order valence-electron chi connectivity index (χ3n) is 5.59. The van der Waals surface area contributed by atoms with Crippen LogP contribution in [0.1, 0.15) is 51.4 Å². The molecule has 1 atom stereocenters. The molecule has 0 saturated heterocycles. The molecule has 0 bridgehead atoms. The highest BCUT2D eigenvalue weighted by Crippen LogP contribution is 2.28. The van der Waals surface area contributed by atoms with Gasteiger partial charge in [-0.05, 0) is 63.1 Å². The fraction of sp³-hybridized carbons (Fsp3) is 0.387. The lowest BCUT2D eigenvalue weighted by Crippen LogP contribution is -2.31. The van der Waals surface area contributed by atoms with Gasteiger partial charge >= 0.3 is 17.9 Å². The molecule has 0 aliphatic rings. The lowest BCUT2D eigenvalue weighted by Gasteiger charge is -2.20. The quantitative estimate of drug-likeness (QED) is 0.227. The van der Waals surface area contributed by atoms with Crippen LogP contribution in [-0.4, -0.2) is 53.3 Å². The highest BCUT2D eigenvalue weighted by molar-refractivity contribution is 5.79. The van der Waals surface area contributed by atoms with E-state index in [1.807, 2.05) is 24.3 Å². The molecule has 0 aliphatic heterocycles. The van der Waals surface area contributed by atoms with E-state index in [1.165, 1.54) is 6.92 Å². The maximum Gasteiger partial charge on any atom is 0.347 e. The van der Waals surface area contributed by atoms with Crippen molar-refractivity contribution in [3.05, 3.63) is 71.5 Å². The molecule has 1 unspecified atom stereocenters. The Morgan fingerprint density at radius 2 is 1.76 bits per heavy atom. The first kappa shape index (κ1) is 31.1. The van der Waals surface area contributed by atoms with Gasteiger partial charge in [0.05, 0.1) is 31.4 Å². The van der Waals surface area contributed by atoms with Crippen LogP contribution in [0, 0.1) is 0 Å². The number of rotatable bonds is 12. The van der Waals surface area contributed by atoms with Crippen LogP contribution in [0.2, 0.25) is 0 Å². The fourth-order valence-electron chi connectivity index (χ4n) is 3.98. The number of methoxy groups -OCH3 is 1. The van der Waals surface area contributed by atoms with E-state index >= 15 is 0 Å². The number of nitrogens with zero attached hydrogens (tertiary/aromatic N) is 2. The Bertz CT molecular complexity index is 1370. The zero-order chi connectivity index (χ0) is 30.0. The van der Waals surface area contributed by atoms with Crippen LogP contribution in [0.25, 0.3) is 11.4 Å². The third kappa shape index (κ3) is 9.59. The van der Waals surface area contributed by atoms with Crippen molar-refractivity contribution in [3.63, 3.8) is 0 Å². The fourth-order valence-corrected chi connectivity index (χ4v) is 3.98. The van der Waals surface area contributed by atoms with E-state index < -0.39 is 29.6 Å². The summed E-state index contributed by atoms with van der Waals surface area (Å²) in [6.45, 7) is 8.48. The highest BCUT2D eigenvalue weighted by atomic mass is 16.6. The van der Waals surface area contributed by atoms with Gasteiger partial charge in [-0.15, -0.1) is 0 Å². The topological polar surface area (TPSA) is 123 Å². The van der Waals surface area contributed by atoms with Crippen molar-refractivity contribution >= 4 is 17.9 Å². The molecular formula is C31H36N2O8. The largest absolute Gasteiger partial charge is 0.496 e. The van der Waals surface area contributed by atoms with Gasteiger partial charge in [-0.2, -0.15) is 0 Å². The Kier molecular flexibility index (Phi) is 10.8. The maximum atomic E-state index is 12.6. The average molecular weight is 565 g/mol. The second-order valence-corrected chi connectivity index (χ2v) is 10.1. The van der Waals surface area contributed by atoms with E-state index in [1.54, 1.807) is 65.3 Å². The minimum atomic E-state index is -1.19. The predicted octanol–water partition coefficient (Wildman–Crippen LogP) is 4.65. The minimum absolute atomic E-state index is 0.0103. The maximum absolute atomic E-state index is 12.6. The molecule has 1 aromatic heterocycles. The Hall–Kier alpha value is -4.47. The van der Waals surface area contributed by atoms with Crippen LogP contribution in [0.3, 0.4) is 0 Å². The van der Waals surface area contributed by atoms with E-state index in [-0.39, 0.29) is 26.1 Å². The van der Waals surface area contributed by atoms with Crippen LogP contribution < -0.4 is 9.47 Å². The summed E-state index contributed by atoms with van der Waals surface area (Å²) >= 11 is 0. The first-order valence-corrected chi connectivity index (χ1v) is 13.2. The summed E-state index contributed by atoms with van der Waals surface area (Å²) in [6, 6.07) is 14.3. The standard InChI is InChI=1S/C31H36N2O8/c1-7-38-30(36)27(40-20(2)34)18-22-16-21(17-28(35)41-31(3,4)5)12-13-25(22)39-19-23-14-15-32-29(33-23)24-10-8-9-11-26(24)37-6/h8-16,27H,7,17-19H2,1-6H3. The number of hydrogen-bond donors (Lipinski definition) is 0. The Labute approximate surface area is 240 Å². The van der Waals surface area contributed by atoms with Crippen molar-refractivity contribution < 1.29 is 38.1 Å². The number of esters is 3. The molecule has 218 valence electrons. The molecule has 0 N–H and O–H groups in total. The summed E-state index contributed by atoms with van der Waals surface area (Å²) in [5, 5.41) is 0. The summed E-state index contributed by atoms with van der Waals surface area (Å²) in [5.74, 6) is -0.151. The first-order valence-electron chi connectivity index (χ1n) is 13.2. The third-order valence-corrected chi connectivity index (χ3v) is 5.59. The molecule has 3 aromatic rings. The number of carbonyl (C=O) groups is 3. The number of benzene rings is 2. The lowest BCUT2D eigenvalue weighted by molar-refractivity contribution is -0.166. The minimum Gasteiger partial charge on any atom is -0.496 e. The van der Waals surface area contributed by atoms with Crippen molar-refractivity contribution in [2.75, 3.05) is 13.7 Å². The van der Waals surface area contributed by atoms with Gasteiger partial charge in [0.2, 0.25) is 6.10 Å². The van der Waals surface area contributed by atoms with Crippen molar-refractivity contribution in [2.24, 2.45) is 0 Å². The molecule has 0 amide bonds. The zero-order valence-corrected chi connectivity index (χ0v) is 24.3. The lowest BCUT2D eigenvalue weighted by atomic mass is 10.0. The van der Waals surface area contributed by atoms with Crippen molar-refractivity contribution in [3.8, 4) is 22.9 Å². The van der Waals surface area contributed by atoms with Gasteiger partial charge in [0, 0.05) is 19.5 Å². The summed E-state index contributed by atoms with van der Waals surface area (Å²) in [7, 11) is 1.58. The normalized spacial score (nSPS) is 11.8. The van der Waals surface area contributed by atoms with Gasteiger partial charge in [-0.25, -0.2) is 14.8 Å². The monoisotopic (exact) mass is 564 g/mol. The molecule has 0 aliphatic carbocycles. The number of para-hydroxylation sites is 1. The van der Waals surface area contributed by atoms with Crippen LogP contribution in [0.4, 0.5) is 0 Å². The Morgan fingerprint density at radius 3 is 2.44 bits per heavy atom. The van der Waals surface area contributed by atoms with Gasteiger partial charge < -0.3 is 23.7 Å². The van der Waals surface area contributed by atoms with Gasteiger partial charge in [-0.3, -0.25) is 9.59 Å². The summed E-state index contributed by atoms with van der Waals surface area (Å²) in [5.41, 5.74) is 1.90.